The first kappa shape index (κ1) is 19.6. The number of nitro benzene ring substituents is 1. The van der Waals surface area contributed by atoms with Crippen molar-refractivity contribution in [2.24, 2.45) is 0 Å². The van der Waals surface area contributed by atoms with E-state index in [0.717, 1.165) is 5.56 Å². The SMILES string of the molecule is C[C@H](NC(=O)CCCn1c(=O)oc2cc([N+](=O)[O-])ccc21)c1cccc(Cl)c1. The van der Waals surface area contributed by atoms with Crippen LogP contribution in [0.25, 0.3) is 11.1 Å². The number of nitro groups is 1. The first-order valence-corrected chi connectivity index (χ1v) is 9.05. The number of nitrogens with one attached hydrogen (secondary N) is 1. The van der Waals surface area contributed by atoms with Gasteiger partial charge in [-0.25, -0.2) is 4.79 Å². The first-order chi connectivity index (χ1) is 13.3. The highest BCUT2D eigenvalue weighted by molar-refractivity contribution is 6.30. The zero-order chi connectivity index (χ0) is 20.3. The Bertz CT molecular complexity index is 1090. The lowest BCUT2D eigenvalue weighted by atomic mass is 10.1. The van der Waals surface area contributed by atoms with Crippen LogP contribution >= 0.6 is 11.6 Å². The molecule has 0 saturated heterocycles. The summed E-state index contributed by atoms with van der Waals surface area (Å²) in [6.45, 7) is 2.13. The highest BCUT2D eigenvalue weighted by Crippen LogP contribution is 2.21. The zero-order valence-corrected chi connectivity index (χ0v) is 15.8. The number of halogens is 1. The Morgan fingerprint density at radius 2 is 2.11 bits per heavy atom. The Hall–Kier alpha value is -3.13. The normalized spacial score (nSPS) is 12.1. The number of rotatable bonds is 7. The maximum Gasteiger partial charge on any atom is 0.419 e. The molecular formula is C19H18ClN3O5. The van der Waals surface area contributed by atoms with Gasteiger partial charge in [-0.1, -0.05) is 23.7 Å². The third kappa shape index (κ3) is 4.40. The van der Waals surface area contributed by atoms with E-state index < -0.39 is 10.7 Å². The van der Waals surface area contributed by atoms with Crippen molar-refractivity contribution in [2.75, 3.05) is 0 Å². The number of carbonyl (C=O) groups excluding carboxylic acids is 1. The summed E-state index contributed by atoms with van der Waals surface area (Å²) in [4.78, 5) is 34.4. The molecule has 28 heavy (non-hydrogen) atoms. The average Bonchev–Trinajstić information content (AvgIpc) is 2.96. The lowest BCUT2D eigenvalue weighted by Gasteiger charge is -2.14. The van der Waals surface area contributed by atoms with Crippen LogP contribution in [0.3, 0.4) is 0 Å². The summed E-state index contributed by atoms with van der Waals surface area (Å²) >= 11 is 5.96. The molecule has 0 unspecified atom stereocenters. The lowest BCUT2D eigenvalue weighted by Crippen LogP contribution is -2.27. The maximum atomic E-state index is 12.2. The minimum Gasteiger partial charge on any atom is -0.407 e. The van der Waals surface area contributed by atoms with Crippen molar-refractivity contribution in [3.63, 3.8) is 0 Å². The summed E-state index contributed by atoms with van der Waals surface area (Å²) in [5.41, 5.74) is 1.36. The summed E-state index contributed by atoms with van der Waals surface area (Å²) < 4.78 is 6.44. The number of carbonyl (C=O) groups is 1. The molecule has 9 heteroatoms. The summed E-state index contributed by atoms with van der Waals surface area (Å²) in [6, 6.07) is 11.1. The molecule has 0 aliphatic rings. The van der Waals surface area contributed by atoms with Crippen LogP contribution in [0.1, 0.15) is 31.4 Å². The van der Waals surface area contributed by atoms with Gasteiger partial charge in [-0.15, -0.1) is 0 Å². The quantitative estimate of drug-likeness (QED) is 0.476. The molecule has 1 heterocycles. The number of aromatic nitrogens is 1. The summed E-state index contributed by atoms with van der Waals surface area (Å²) in [7, 11) is 0. The molecule has 146 valence electrons. The fraction of sp³-hybridized carbons (Fsp3) is 0.263. The smallest absolute Gasteiger partial charge is 0.407 e. The van der Waals surface area contributed by atoms with Gasteiger partial charge in [-0.3, -0.25) is 19.5 Å². The molecule has 0 fully saturated rings. The first-order valence-electron chi connectivity index (χ1n) is 8.68. The van der Waals surface area contributed by atoms with Crippen LogP contribution in [0, 0.1) is 10.1 Å². The average molecular weight is 404 g/mol. The standard InChI is InChI=1S/C19H18ClN3O5/c1-12(13-4-2-5-14(20)10-13)21-18(24)6-3-9-22-16-8-7-15(23(26)27)11-17(16)28-19(22)25/h2,4-5,7-8,10-12H,3,6,9H2,1H3,(H,21,24)/t12-/m0/s1. The molecule has 3 rings (SSSR count). The van der Waals surface area contributed by atoms with Crippen molar-refractivity contribution in [2.45, 2.75) is 32.4 Å². The van der Waals surface area contributed by atoms with Gasteiger partial charge in [0.15, 0.2) is 5.58 Å². The Morgan fingerprint density at radius 1 is 1.32 bits per heavy atom. The topological polar surface area (TPSA) is 107 Å². The van der Waals surface area contributed by atoms with Crippen LogP contribution < -0.4 is 11.1 Å². The van der Waals surface area contributed by atoms with Crippen molar-refractivity contribution in [1.29, 1.82) is 0 Å². The molecule has 1 N–H and O–H groups in total. The number of hydrogen-bond acceptors (Lipinski definition) is 5. The molecular weight excluding hydrogens is 386 g/mol. The van der Waals surface area contributed by atoms with Crippen LogP contribution in [-0.4, -0.2) is 15.4 Å². The van der Waals surface area contributed by atoms with E-state index in [1.807, 2.05) is 19.1 Å². The van der Waals surface area contributed by atoms with Gasteiger partial charge in [-0.2, -0.15) is 0 Å². The van der Waals surface area contributed by atoms with Gasteiger partial charge in [-0.05, 0) is 37.1 Å². The molecule has 0 bridgehead atoms. The molecule has 0 radical (unpaired) electrons. The molecule has 0 aliphatic carbocycles. The number of fused-ring (bicyclic) bond motifs is 1. The van der Waals surface area contributed by atoms with Crippen molar-refractivity contribution in [3.8, 4) is 0 Å². The molecule has 1 atom stereocenters. The van der Waals surface area contributed by atoms with E-state index in [-0.39, 0.29) is 36.2 Å². The van der Waals surface area contributed by atoms with Gasteiger partial charge in [0.1, 0.15) is 0 Å². The van der Waals surface area contributed by atoms with Gasteiger partial charge in [0.05, 0.1) is 22.5 Å². The van der Waals surface area contributed by atoms with Crippen molar-refractivity contribution in [3.05, 3.63) is 73.7 Å². The second kappa shape index (κ2) is 8.26. The number of benzene rings is 2. The molecule has 0 spiro atoms. The minimum absolute atomic E-state index is 0.149. The largest absolute Gasteiger partial charge is 0.419 e. The molecule has 0 saturated carbocycles. The highest BCUT2D eigenvalue weighted by atomic mass is 35.5. The Morgan fingerprint density at radius 3 is 2.82 bits per heavy atom. The van der Waals surface area contributed by atoms with Crippen LogP contribution in [-0.2, 0) is 11.3 Å². The zero-order valence-electron chi connectivity index (χ0n) is 15.1. The number of aryl methyl sites for hydroxylation is 1. The fourth-order valence-corrected chi connectivity index (χ4v) is 3.15. The van der Waals surface area contributed by atoms with E-state index in [4.69, 9.17) is 16.0 Å². The van der Waals surface area contributed by atoms with E-state index in [2.05, 4.69) is 5.32 Å². The molecule has 1 aromatic heterocycles. The summed E-state index contributed by atoms with van der Waals surface area (Å²) in [5.74, 6) is -0.757. The van der Waals surface area contributed by atoms with Gasteiger partial charge < -0.3 is 9.73 Å². The predicted octanol–water partition coefficient (Wildman–Crippen LogP) is 3.81. The molecule has 0 aliphatic heterocycles. The van der Waals surface area contributed by atoms with E-state index in [9.17, 15) is 19.7 Å². The van der Waals surface area contributed by atoms with E-state index in [0.29, 0.717) is 17.0 Å². The fourth-order valence-electron chi connectivity index (χ4n) is 2.95. The number of amides is 1. The van der Waals surface area contributed by atoms with Gasteiger partial charge in [0, 0.05) is 24.1 Å². The van der Waals surface area contributed by atoms with Crippen molar-refractivity contribution < 1.29 is 14.1 Å². The van der Waals surface area contributed by atoms with Gasteiger partial charge in [0.2, 0.25) is 5.91 Å². The Kier molecular flexibility index (Phi) is 5.79. The van der Waals surface area contributed by atoms with Crippen LogP contribution in [0.4, 0.5) is 5.69 Å². The minimum atomic E-state index is -0.608. The van der Waals surface area contributed by atoms with Crippen molar-refractivity contribution >= 4 is 34.3 Å². The summed E-state index contributed by atoms with van der Waals surface area (Å²) in [6.07, 6.45) is 0.636. The predicted molar refractivity (Wildman–Crippen MR) is 104 cm³/mol. The second-order valence-corrected chi connectivity index (χ2v) is 6.81. The summed E-state index contributed by atoms with van der Waals surface area (Å²) in [5, 5.41) is 14.3. The monoisotopic (exact) mass is 403 g/mol. The van der Waals surface area contributed by atoms with E-state index in [1.165, 1.54) is 22.8 Å². The third-order valence-corrected chi connectivity index (χ3v) is 4.61. The molecule has 1 amide bonds. The number of oxazole rings is 1. The Labute approximate surface area is 164 Å². The van der Waals surface area contributed by atoms with Crippen LogP contribution in [0.5, 0.6) is 0 Å². The third-order valence-electron chi connectivity index (χ3n) is 4.37. The second-order valence-electron chi connectivity index (χ2n) is 6.38. The number of nitrogens with zero attached hydrogens (tertiary/aromatic N) is 2. The maximum absolute atomic E-state index is 12.2. The Balaban J connectivity index is 1.60. The van der Waals surface area contributed by atoms with Crippen molar-refractivity contribution in [1.82, 2.24) is 9.88 Å². The van der Waals surface area contributed by atoms with E-state index in [1.54, 1.807) is 12.1 Å². The van der Waals surface area contributed by atoms with Gasteiger partial charge >= 0.3 is 5.76 Å². The number of hydrogen-bond donors (Lipinski definition) is 1. The van der Waals surface area contributed by atoms with Crippen LogP contribution in [0.15, 0.2) is 51.7 Å². The lowest BCUT2D eigenvalue weighted by molar-refractivity contribution is -0.384. The molecule has 3 aromatic rings. The molecule has 8 nitrogen and oxygen atoms in total. The highest BCUT2D eigenvalue weighted by Gasteiger charge is 2.15. The molecule has 2 aromatic carbocycles. The van der Waals surface area contributed by atoms with Crippen LogP contribution in [0.2, 0.25) is 5.02 Å². The number of non-ortho nitro benzene ring substituents is 1. The van der Waals surface area contributed by atoms with Gasteiger partial charge in [0.25, 0.3) is 5.69 Å². The van der Waals surface area contributed by atoms with E-state index >= 15 is 0 Å².